The molecule has 2 N–H and O–H groups in total. The first-order chi connectivity index (χ1) is 6.40. The van der Waals surface area contributed by atoms with Gasteiger partial charge in [0, 0.05) is 30.1 Å². The highest BCUT2D eigenvalue weighted by atomic mass is 16.1. The molecular weight excluding hydrogens is 166 g/mol. The molecule has 0 bridgehead atoms. The van der Waals surface area contributed by atoms with Gasteiger partial charge >= 0.3 is 0 Å². The van der Waals surface area contributed by atoms with Crippen molar-refractivity contribution in [1.29, 1.82) is 0 Å². The van der Waals surface area contributed by atoms with Gasteiger partial charge in [0.25, 0.3) is 0 Å². The van der Waals surface area contributed by atoms with Gasteiger partial charge in [-0.3, -0.25) is 4.79 Å². The van der Waals surface area contributed by atoms with E-state index in [0.717, 1.165) is 23.5 Å². The molecule has 0 unspecified atom stereocenters. The summed E-state index contributed by atoms with van der Waals surface area (Å²) in [6, 6.07) is 3.86. The van der Waals surface area contributed by atoms with Gasteiger partial charge in [0.15, 0.2) is 0 Å². The molecule has 0 radical (unpaired) electrons. The second-order valence-corrected chi connectivity index (χ2v) is 2.76. The lowest BCUT2D eigenvalue weighted by atomic mass is 10.1. The fourth-order valence-electron chi connectivity index (χ4n) is 1.29. The fraction of sp³-hybridized carbons (Fsp3) is 0.111. The van der Waals surface area contributed by atoms with Crippen molar-refractivity contribution in [2.75, 3.05) is 5.32 Å². The number of rotatable bonds is 2. The van der Waals surface area contributed by atoms with Crippen molar-refractivity contribution < 1.29 is 4.79 Å². The number of nitrogens with zero attached hydrogens (tertiary/aromatic N) is 1. The van der Waals surface area contributed by atoms with Crippen LogP contribution in [-0.4, -0.2) is 11.4 Å². The van der Waals surface area contributed by atoms with Crippen molar-refractivity contribution in [1.82, 2.24) is 10.3 Å². The smallest absolute Gasteiger partial charge is 0.211 e. The lowest BCUT2D eigenvalue weighted by molar-refractivity contribution is -0.108. The van der Waals surface area contributed by atoms with Crippen molar-refractivity contribution in [2.45, 2.75) is 6.42 Å². The Balaban J connectivity index is 2.22. The second kappa shape index (κ2) is 3.26. The number of amides is 1. The van der Waals surface area contributed by atoms with E-state index < -0.39 is 0 Å². The molecule has 1 aromatic rings. The van der Waals surface area contributed by atoms with Gasteiger partial charge in [-0.25, -0.2) is 4.98 Å². The van der Waals surface area contributed by atoms with Crippen molar-refractivity contribution in [3.05, 3.63) is 35.8 Å². The summed E-state index contributed by atoms with van der Waals surface area (Å²) in [5.74, 6) is 0.860. The van der Waals surface area contributed by atoms with Gasteiger partial charge < -0.3 is 10.6 Å². The summed E-state index contributed by atoms with van der Waals surface area (Å²) in [4.78, 5) is 14.3. The van der Waals surface area contributed by atoms with Gasteiger partial charge in [0.05, 0.1) is 0 Å². The van der Waals surface area contributed by atoms with E-state index in [1.807, 2.05) is 12.1 Å². The summed E-state index contributed by atoms with van der Waals surface area (Å²) >= 11 is 0. The Bertz CT molecular complexity index is 360. The molecule has 1 aliphatic rings. The second-order valence-electron chi connectivity index (χ2n) is 2.76. The summed E-state index contributed by atoms with van der Waals surface area (Å²) in [6.45, 7) is 0. The van der Waals surface area contributed by atoms with Crippen molar-refractivity contribution in [3.8, 4) is 0 Å². The number of aromatic nitrogens is 1. The lowest BCUT2D eigenvalue weighted by Crippen LogP contribution is -2.18. The summed E-state index contributed by atoms with van der Waals surface area (Å²) in [6.07, 6.45) is 4.88. The molecule has 1 amide bonds. The first kappa shape index (κ1) is 7.79. The SMILES string of the molecule is O=CNC1=CNc2ncccc2C1. The number of carbonyl (C=O) groups excluding carboxylic acids is 1. The Morgan fingerprint density at radius 2 is 2.54 bits per heavy atom. The van der Waals surface area contributed by atoms with Gasteiger partial charge in [0.2, 0.25) is 6.41 Å². The highest BCUT2D eigenvalue weighted by Crippen LogP contribution is 2.18. The average Bonchev–Trinajstić information content (AvgIpc) is 2.18. The summed E-state index contributed by atoms with van der Waals surface area (Å²) in [5.41, 5.74) is 1.95. The first-order valence-corrected chi connectivity index (χ1v) is 4.00. The zero-order chi connectivity index (χ0) is 9.10. The minimum atomic E-state index is 0.675. The quantitative estimate of drug-likeness (QED) is 0.648. The number of hydrogen-bond acceptors (Lipinski definition) is 3. The maximum atomic E-state index is 10.2. The summed E-state index contributed by atoms with van der Waals surface area (Å²) in [7, 11) is 0. The molecule has 0 fully saturated rings. The molecule has 0 aromatic carbocycles. The van der Waals surface area contributed by atoms with Gasteiger partial charge in [-0.05, 0) is 6.07 Å². The predicted molar refractivity (Wildman–Crippen MR) is 48.8 cm³/mol. The number of anilines is 1. The van der Waals surface area contributed by atoms with E-state index in [1.54, 1.807) is 12.4 Å². The minimum Gasteiger partial charge on any atom is -0.345 e. The minimum absolute atomic E-state index is 0.675. The molecule has 13 heavy (non-hydrogen) atoms. The molecule has 2 rings (SSSR count). The van der Waals surface area contributed by atoms with Crippen LogP contribution >= 0.6 is 0 Å². The summed E-state index contributed by atoms with van der Waals surface area (Å²) in [5, 5.41) is 5.62. The van der Waals surface area contributed by atoms with Gasteiger partial charge in [-0.1, -0.05) is 6.07 Å². The predicted octanol–water partition coefficient (Wildman–Crippen LogP) is 0.637. The van der Waals surface area contributed by atoms with Crippen LogP contribution in [0.4, 0.5) is 5.82 Å². The Labute approximate surface area is 75.7 Å². The zero-order valence-electron chi connectivity index (χ0n) is 6.95. The van der Waals surface area contributed by atoms with Crippen LogP contribution in [0.1, 0.15) is 5.56 Å². The zero-order valence-corrected chi connectivity index (χ0v) is 6.95. The van der Waals surface area contributed by atoms with E-state index in [4.69, 9.17) is 0 Å². The van der Waals surface area contributed by atoms with Crippen LogP contribution in [0.3, 0.4) is 0 Å². The highest BCUT2D eigenvalue weighted by molar-refractivity contribution is 5.56. The largest absolute Gasteiger partial charge is 0.345 e. The molecule has 1 aliphatic heterocycles. The third-order valence-corrected chi connectivity index (χ3v) is 1.90. The third-order valence-electron chi connectivity index (χ3n) is 1.90. The summed E-state index contributed by atoms with van der Waals surface area (Å²) < 4.78 is 0. The maximum absolute atomic E-state index is 10.2. The number of pyridine rings is 1. The molecule has 0 spiro atoms. The molecule has 0 atom stereocenters. The number of allylic oxidation sites excluding steroid dienone is 1. The number of carbonyl (C=O) groups is 1. The first-order valence-electron chi connectivity index (χ1n) is 4.00. The molecule has 4 heteroatoms. The molecule has 4 nitrogen and oxygen atoms in total. The Morgan fingerprint density at radius 3 is 3.38 bits per heavy atom. The highest BCUT2D eigenvalue weighted by Gasteiger charge is 2.09. The third kappa shape index (κ3) is 1.51. The molecule has 1 aromatic heterocycles. The topological polar surface area (TPSA) is 54.0 Å². The van der Waals surface area contributed by atoms with Gasteiger partial charge in [-0.2, -0.15) is 0 Å². The van der Waals surface area contributed by atoms with Crippen molar-refractivity contribution in [2.24, 2.45) is 0 Å². The van der Waals surface area contributed by atoms with Crippen LogP contribution in [-0.2, 0) is 11.2 Å². The standard InChI is InChI=1S/C9H9N3O/c13-6-12-8-4-7-2-1-3-10-9(7)11-5-8/h1-3,5-6H,4H2,(H,10,11)(H,12,13). The molecule has 0 saturated heterocycles. The van der Waals surface area contributed by atoms with Crippen LogP contribution < -0.4 is 10.6 Å². The Kier molecular flexibility index (Phi) is 1.96. The molecule has 2 heterocycles. The van der Waals surface area contributed by atoms with Crippen LogP contribution in [0.25, 0.3) is 0 Å². The average molecular weight is 175 g/mol. The van der Waals surface area contributed by atoms with E-state index >= 15 is 0 Å². The molecule has 0 aliphatic carbocycles. The van der Waals surface area contributed by atoms with Crippen LogP contribution in [0.2, 0.25) is 0 Å². The Morgan fingerprint density at radius 1 is 1.62 bits per heavy atom. The number of hydrogen-bond donors (Lipinski definition) is 2. The van der Waals surface area contributed by atoms with Crippen molar-refractivity contribution in [3.63, 3.8) is 0 Å². The number of fused-ring (bicyclic) bond motifs is 1. The van der Waals surface area contributed by atoms with E-state index in [0.29, 0.717) is 6.41 Å². The van der Waals surface area contributed by atoms with Crippen LogP contribution in [0.15, 0.2) is 30.2 Å². The van der Waals surface area contributed by atoms with Gasteiger partial charge in [0.1, 0.15) is 5.82 Å². The van der Waals surface area contributed by atoms with Gasteiger partial charge in [-0.15, -0.1) is 0 Å². The number of nitrogens with one attached hydrogen (secondary N) is 2. The van der Waals surface area contributed by atoms with E-state index in [2.05, 4.69) is 15.6 Å². The monoisotopic (exact) mass is 175 g/mol. The molecule has 0 saturated carbocycles. The van der Waals surface area contributed by atoms with E-state index in [-0.39, 0.29) is 0 Å². The van der Waals surface area contributed by atoms with Crippen LogP contribution in [0.5, 0.6) is 0 Å². The van der Waals surface area contributed by atoms with Crippen LogP contribution in [0, 0.1) is 0 Å². The maximum Gasteiger partial charge on any atom is 0.211 e. The normalized spacial score (nSPS) is 13.7. The van der Waals surface area contributed by atoms with Crippen molar-refractivity contribution >= 4 is 12.2 Å². The van der Waals surface area contributed by atoms with E-state index in [1.165, 1.54) is 0 Å². The molecular formula is C9H9N3O. The lowest BCUT2D eigenvalue weighted by Gasteiger charge is -2.15. The van der Waals surface area contributed by atoms with E-state index in [9.17, 15) is 4.79 Å². The molecule has 66 valence electrons. The fourth-order valence-corrected chi connectivity index (χ4v) is 1.29. The Hall–Kier alpha value is -1.84.